The fourth-order valence-corrected chi connectivity index (χ4v) is 2.66. The van der Waals surface area contributed by atoms with Crippen LogP contribution in [0.3, 0.4) is 0 Å². The van der Waals surface area contributed by atoms with Gasteiger partial charge in [-0.15, -0.1) is 0 Å². The van der Waals surface area contributed by atoms with Gasteiger partial charge in [-0.3, -0.25) is 9.59 Å². The first-order chi connectivity index (χ1) is 12.9. The van der Waals surface area contributed by atoms with Crippen LogP contribution in [-0.4, -0.2) is 24.2 Å². The second-order valence-corrected chi connectivity index (χ2v) is 6.40. The van der Waals surface area contributed by atoms with E-state index in [0.29, 0.717) is 34.3 Å². The Kier molecular flexibility index (Phi) is 7.07. The molecule has 0 aliphatic carbocycles. The lowest BCUT2D eigenvalue weighted by Gasteiger charge is -2.12. The summed E-state index contributed by atoms with van der Waals surface area (Å²) in [5, 5.41) is 3.02. The van der Waals surface area contributed by atoms with Gasteiger partial charge in [0, 0.05) is 19.3 Å². The molecule has 144 valence electrons. The Morgan fingerprint density at radius 1 is 1.37 bits per heavy atom. The van der Waals surface area contributed by atoms with Crippen LogP contribution in [-0.2, 0) is 11.8 Å². The molecule has 0 spiro atoms. The minimum atomic E-state index is -0.414. The normalized spacial score (nSPS) is 10.9. The van der Waals surface area contributed by atoms with Gasteiger partial charge in [-0.25, -0.2) is 0 Å². The van der Waals surface area contributed by atoms with Crippen LogP contribution in [0.15, 0.2) is 35.3 Å². The zero-order chi connectivity index (χ0) is 20.0. The predicted octanol–water partition coefficient (Wildman–Crippen LogP) is 3.80. The number of carbonyl (C=O) groups is 1. The van der Waals surface area contributed by atoms with Gasteiger partial charge in [0.05, 0.1) is 18.7 Å². The van der Waals surface area contributed by atoms with E-state index >= 15 is 0 Å². The van der Waals surface area contributed by atoms with E-state index in [1.54, 1.807) is 44.4 Å². The first-order valence-corrected chi connectivity index (χ1v) is 8.90. The Bertz CT molecular complexity index is 919. The maximum atomic E-state index is 12.2. The molecule has 1 aromatic heterocycles. The minimum absolute atomic E-state index is 0.258. The molecular weight excluding hydrogens is 368 g/mol. The van der Waals surface area contributed by atoms with Crippen molar-refractivity contribution in [2.75, 3.05) is 19.0 Å². The number of hydrogen-bond acceptors (Lipinski definition) is 4. The third-order valence-electron chi connectivity index (χ3n) is 3.85. The predicted molar refractivity (Wildman–Crippen MR) is 108 cm³/mol. The summed E-state index contributed by atoms with van der Waals surface area (Å²) in [5.74, 6) is 0.553. The van der Waals surface area contributed by atoms with Gasteiger partial charge in [0.25, 0.3) is 5.56 Å². The molecule has 0 saturated carbocycles. The second kappa shape index (κ2) is 9.28. The average molecular weight is 391 g/mol. The van der Waals surface area contributed by atoms with Crippen molar-refractivity contribution in [2.45, 2.75) is 20.3 Å². The summed E-state index contributed by atoms with van der Waals surface area (Å²) in [6, 6.07) is 5.18. The van der Waals surface area contributed by atoms with Gasteiger partial charge in [0.1, 0.15) is 5.69 Å². The number of benzene rings is 1. The molecule has 1 aromatic carbocycles. The summed E-state index contributed by atoms with van der Waals surface area (Å²) in [6.45, 7) is 4.29. The minimum Gasteiger partial charge on any atom is -0.493 e. The van der Waals surface area contributed by atoms with Crippen molar-refractivity contribution in [3.05, 3.63) is 57.0 Å². The number of carbonyl (C=O) groups excluding carboxylic acids is 1. The SMILES string of the molecule is CCCOc1c(Cl)cc(C=CC(=O)Nc2c(C)ccn(C)c2=O)cc1OC. The smallest absolute Gasteiger partial charge is 0.274 e. The van der Waals surface area contributed by atoms with E-state index in [1.807, 2.05) is 6.92 Å². The zero-order valence-electron chi connectivity index (χ0n) is 15.8. The van der Waals surface area contributed by atoms with Gasteiger partial charge in [0.15, 0.2) is 11.5 Å². The van der Waals surface area contributed by atoms with Crippen molar-refractivity contribution < 1.29 is 14.3 Å². The quantitative estimate of drug-likeness (QED) is 0.730. The number of aryl methyl sites for hydroxylation is 2. The molecule has 0 fully saturated rings. The van der Waals surface area contributed by atoms with Gasteiger partial charge < -0.3 is 19.4 Å². The Labute approximate surface area is 163 Å². The molecule has 2 aromatic rings. The summed E-state index contributed by atoms with van der Waals surface area (Å²) in [7, 11) is 3.16. The largest absolute Gasteiger partial charge is 0.493 e. The van der Waals surface area contributed by atoms with Crippen LogP contribution in [0.5, 0.6) is 11.5 Å². The molecule has 0 aliphatic heterocycles. The van der Waals surface area contributed by atoms with Crippen LogP contribution in [0.4, 0.5) is 5.69 Å². The first kappa shape index (κ1) is 20.6. The zero-order valence-corrected chi connectivity index (χ0v) is 16.6. The third-order valence-corrected chi connectivity index (χ3v) is 4.14. The first-order valence-electron chi connectivity index (χ1n) is 8.53. The van der Waals surface area contributed by atoms with Crippen LogP contribution < -0.4 is 20.3 Å². The molecule has 27 heavy (non-hydrogen) atoms. The van der Waals surface area contributed by atoms with Crippen LogP contribution in [0, 0.1) is 6.92 Å². The van der Waals surface area contributed by atoms with E-state index in [-0.39, 0.29) is 11.2 Å². The van der Waals surface area contributed by atoms with Crippen LogP contribution in [0.2, 0.25) is 5.02 Å². The summed E-state index contributed by atoms with van der Waals surface area (Å²) in [5.41, 5.74) is 1.36. The molecule has 0 radical (unpaired) electrons. The summed E-state index contributed by atoms with van der Waals surface area (Å²) in [4.78, 5) is 24.3. The molecule has 6 nitrogen and oxygen atoms in total. The molecule has 0 aliphatic rings. The lowest BCUT2D eigenvalue weighted by molar-refractivity contribution is -0.111. The molecule has 1 amide bonds. The van der Waals surface area contributed by atoms with Crippen molar-refractivity contribution in [2.24, 2.45) is 7.05 Å². The maximum Gasteiger partial charge on any atom is 0.274 e. The van der Waals surface area contributed by atoms with E-state index < -0.39 is 5.91 Å². The lowest BCUT2D eigenvalue weighted by atomic mass is 10.1. The number of amides is 1. The van der Waals surface area contributed by atoms with Crippen molar-refractivity contribution in [1.82, 2.24) is 4.57 Å². The number of anilines is 1. The van der Waals surface area contributed by atoms with Crippen molar-refractivity contribution in [3.8, 4) is 11.5 Å². The fraction of sp³-hybridized carbons (Fsp3) is 0.300. The fourth-order valence-electron chi connectivity index (χ4n) is 2.39. The topological polar surface area (TPSA) is 69.6 Å². The van der Waals surface area contributed by atoms with Gasteiger partial charge in [0.2, 0.25) is 5.91 Å². The van der Waals surface area contributed by atoms with Crippen molar-refractivity contribution in [1.29, 1.82) is 0 Å². The van der Waals surface area contributed by atoms with E-state index in [1.165, 1.54) is 17.8 Å². The molecule has 0 unspecified atom stereocenters. The number of nitrogens with zero attached hydrogens (tertiary/aromatic N) is 1. The highest BCUT2D eigenvalue weighted by atomic mass is 35.5. The Morgan fingerprint density at radius 3 is 2.78 bits per heavy atom. The van der Waals surface area contributed by atoms with Crippen LogP contribution in [0.25, 0.3) is 6.08 Å². The summed E-state index contributed by atoms with van der Waals surface area (Å²) < 4.78 is 12.3. The Balaban J connectivity index is 2.20. The van der Waals surface area contributed by atoms with Crippen molar-refractivity contribution >= 4 is 29.3 Å². The third kappa shape index (κ3) is 5.14. The highest BCUT2D eigenvalue weighted by Gasteiger charge is 2.12. The van der Waals surface area contributed by atoms with E-state index in [4.69, 9.17) is 21.1 Å². The molecule has 2 rings (SSSR count). The van der Waals surface area contributed by atoms with Gasteiger partial charge in [-0.05, 0) is 48.7 Å². The molecular formula is C20H23ClN2O4. The van der Waals surface area contributed by atoms with E-state index in [0.717, 1.165) is 6.42 Å². The van der Waals surface area contributed by atoms with E-state index in [2.05, 4.69) is 5.32 Å². The number of halogens is 1. The van der Waals surface area contributed by atoms with Crippen molar-refractivity contribution in [3.63, 3.8) is 0 Å². The lowest BCUT2D eigenvalue weighted by Crippen LogP contribution is -2.24. The number of ether oxygens (including phenoxy) is 2. The number of pyridine rings is 1. The van der Waals surface area contributed by atoms with Gasteiger partial charge in [-0.2, -0.15) is 0 Å². The highest BCUT2D eigenvalue weighted by molar-refractivity contribution is 6.32. The van der Waals surface area contributed by atoms with Gasteiger partial charge >= 0.3 is 0 Å². The molecule has 1 heterocycles. The Morgan fingerprint density at radius 2 is 2.11 bits per heavy atom. The van der Waals surface area contributed by atoms with Crippen LogP contribution >= 0.6 is 11.6 Å². The molecule has 7 heteroatoms. The van der Waals surface area contributed by atoms with E-state index in [9.17, 15) is 9.59 Å². The summed E-state index contributed by atoms with van der Waals surface area (Å²) >= 11 is 6.27. The number of nitrogens with one attached hydrogen (secondary N) is 1. The Hall–Kier alpha value is -2.73. The highest BCUT2D eigenvalue weighted by Crippen LogP contribution is 2.36. The van der Waals surface area contributed by atoms with Gasteiger partial charge in [-0.1, -0.05) is 18.5 Å². The number of hydrogen-bond donors (Lipinski definition) is 1. The molecule has 1 N–H and O–H groups in total. The molecule has 0 saturated heterocycles. The molecule has 0 atom stereocenters. The summed E-state index contributed by atoms with van der Waals surface area (Å²) in [6.07, 6.45) is 5.43. The maximum absolute atomic E-state index is 12.2. The number of methoxy groups -OCH3 is 1. The number of aromatic nitrogens is 1. The standard InChI is InChI=1S/C20H23ClN2O4/c1-5-10-27-19-15(21)11-14(12-16(19)26-4)6-7-17(24)22-18-13(2)8-9-23(3)20(18)25/h6-9,11-12H,5,10H2,1-4H3,(H,22,24). The van der Waals surface area contributed by atoms with Crippen LogP contribution in [0.1, 0.15) is 24.5 Å². The monoisotopic (exact) mass is 390 g/mol. The average Bonchev–Trinajstić information content (AvgIpc) is 2.65. The number of rotatable bonds is 7. The molecule has 0 bridgehead atoms. The second-order valence-electron chi connectivity index (χ2n) is 5.99.